The van der Waals surface area contributed by atoms with E-state index in [2.05, 4.69) is 504 Å². The largest absolute Gasteiger partial charge is 0.311 e. The number of nitrogens with zero attached hydrogens (tertiary/aromatic N) is 5. The highest BCUT2D eigenvalue weighted by Crippen LogP contribution is 2.62. The van der Waals surface area contributed by atoms with Crippen LogP contribution in [-0.2, 0) is 76.8 Å². The summed E-state index contributed by atoms with van der Waals surface area (Å²) in [6.07, 6.45) is 9.68. The molecule has 0 radical (unpaired) electrons. The van der Waals surface area contributed by atoms with Gasteiger partial charge in [0.05, 0.1) is 21.4 Å². The molecule has 1 atom stereocenters. The molecule has 5 nitrogen and oxygen atoms in total. The van der Waals surface area contributed by atoms with Crippen molar-refractivity contribution in [3.63, 3.8) is 0 Å². The number of para-hydroxylation sites is 2. The van der Waals surface area contributed by atoms with Crippen LogP contribution >= 0.6 is 22.7 Å². The molecule has 12 aromatic carbocycles. The lowest BCUT2D eigenvalue weighted by Gasteiger charge is -2.49. The molecule has 4 aliphatic carbocycles. The first-order chi connectivity index (χ1) is 66.1. The van der Waals surface area contributed by atoms with E-state index in [1.165, 1.54) is 182 Å². The normalized spacial score (nSPS) is 19.0. The van der Waals surface area contributed by atoms with E-state index in [4.69, 9.17) is 0 Å². The Morgan fingerprint density at radius 2 is 0.652 bits per heavy atom. The van der Waals surface area contributed by atoms with Crippen LogP contribution in [0.2, 0.25) is 0 Å². The molecule has 0 spiro atoms. The van der Waals surface area contributed by atoms with E-state index in [1.54, 1.807) is 16.0 Å². The quantitative estimate of drug-likeness (QED) is 0.120. The maximum Gasteiger partial charge on any atom is 0.253 e. The minimum Gasteiger partial charge on any atom is -0.311 e. The summed E-state index contributed by atoms with van der Waals surface area (Å²) in [7, 11) is 0. The van der Waals surface area contributed by atoms with Gasteiger partial charge in [-0.25, -0.2) is 0 Å². The SMILES string of the molecule is CC(C)(C)c1ccc(N2c3cc(N(c4ccccc4)c4ccccc4)cc4c3B(c3cc5c(cc3N4c3cc(C(C)(C)C)cc(C(C)(C)C)c3)C(C)(C)CCC5(C)Cc3cccc(-c4cc5c6c(c4)N(c4ccc(C(C)(C)C)cc4)c4sc7c(c4B6c4cc6c(cc4N5c4ccc(C(C)(C)C)cc4-c4ccccc4)C(C)(C)CCC6(C)C)C(C)(C)CCC7(C)C)c3)c3c2sc2c3C(C)(C)CCC2(C)C)cc1. The fourth-order valence-electron chi connectivity index (χ4n) is 26.0. The molecule has 0 saturated carbocycles. The van der Waals surface area contributed by atoms with Gasteiger partial charge in [-0.1, -0.05) is 347 Å². The van der Waals surface area contributed by atoms with Crippen molar-refractivity contribution < 1.29 is 0 Å². The Hall–Kier alpha value is -10.8. The molecule has 8 aliphatic rings. The molecule has 0 amide bonds. The lowest BCUT2D eigenvalue weighted by molar-refractivity contribution is 0.310. The van der Waals surface area contributed by atoms with E-state index in [0.29, 0.717) is 0 Å². The van der Waals surface area contributed by atoms with Crippen molar-refractivity contribution in [1.29, 1.82) is 0 Å². The second-order valence-electron chi connectivity index (χ2n) is 53.8. The Kier molecular flexibility index (Phi) is 21.6. The summed E-state index contributed by atoms with van der Waals surface area (Å²) < 4.78 is 0. The number of hydrogen-bond acceptors (Lipinski definition) is 7. The van der Waals surface area contributed by atoms with Crippen LogP contribution in [0.25, 0.3) is 22.3 Å². The molecule has 720 valence electrons. The van der Waals surface area contributed by atoms with Crippen molar-refractivity contribution >= 4 is 153 Å². The van der Waals surface area contributed by atoms with Crippen molar-refractivity contribution in [1.82, 2.24) is 0 Å². The van der Waals surface area contributed by atoms with Crippen LogP contribution in [0, 0.1) is 0 Å². The number of anilines is 15. The summed E-state index contributed by atoms with van der Waals surface area (Å²) in [5.41, 5.74) is 45.0. The van der Waals surface area contributed by atoms with Crippen LogP contribution < -0.4 is 57.3 Å². The first-order valence-electron chi connectivity index (χ1n) is 53.0. The molecule has 1 unspecified atom stereocenters. The molecule has 14 aromatic rings. The Bertz CT molecular complexity index is 7330. The minimum atomic E-state index is -0.308. The van der Waals surface area contributed by atoms with Gasteiger partial charge in [0, 0.05) is 77.9 Å². The fourth-order valence-corrected chi connectivity index (χ4v) is 29.4. The van der Waals surface area contributed by atoms with Crippen LogP contribution in [0.1, 0.15) is 336 Å². The van der Waals surface area contributed by atoms with Crippen LogP contribution in [0.4, 0.5) is 83.9 Å². The summed E-state index contributed by atoms with van der Waals surface area (Å²) in [5.74, 6) is 0. The standard InChI is InChI=1S/C132H149B2N5S2/c1-120(2,3)85-49-54-92(55-50-85)137-106-68-84(69-107-112(106)133(114-110-116(140-118(114)137)130(26,27)63-61-128(110,22)23)101-76-97-98(126(18,19)60-59-125(97,16)17)78-105(101)139(107)103-58-53-87(122(7,8)9)73-96(103)82-42-34-31-35-43-82)83-44-40-41-81(67-83)80-132(30)66-65-127(20,21)99-79-104-102(77-100(99)132)134-113-108(136(104)94-71-88(123(10,11)12)70-89(72-94)124(13,14)15)74-95(135(90-45-36-32-37-46-90)91-47-38-33-39-48-91)75-109(113)138(93-56-51-86(52-57-93)121(4,5)6)119-115(134)111-117(141-119)131(28,29)64-62-129(111,24)25/h31-58,67-79H,59-66,80H2,1-30H3. The lowest BCUT2D eigenvalue weighted by atomic mass is 9.32. The fraction of sp³-hybridized carbons (Fsp3) is 0.394. The molecule has 22 rings (SSSR count). The average Bonchev–Trinajstić information content (AvgIpc) is 1.60. The zero-order valence-corrected chi connectivity index (χ0v) is 91.9. The third-order valence-corrected chi connectivity index (χ3v) is 38.3. The highest BCUT2D eigenvalue weighted by Gasteiger charge is 2.57. The zero-order valence-electron chi connectivity index (χ0n) is 90.2. The van der Waals surface area contributed by atoms with Gasteiger partial charge < -0.3 is 24.5 Å². The number of fused-ring (bicyclic) bond motifs is 14. The van der Waals surface area contributed by atoms with E-state index >= 15 is 0 Å². The molecule has 4 aliphatic heterocycles. The van der Waals surface area contributed by atoms with Crippen molar-refractivity contribution in [2.45, 2.75) is 336 Å². The molecule has 6 heterocycles. The molecule has 0 saturated heterocycles. The Morgan fingerprint density at radius 1 is 0.270 bits per heavy atom. The number of thiophene rings is 2. The molecule has 0 N–H and O–H groups in total. The maximum atomic E-state index is 2.87. The number of benzene rings is 12. The van der Waals surface area contributed by atoms with Gasteiger partial charge in [0.1, 0.15) is 0 Å². The first kappa shape index (κ1) is 95.0. The van der Waals surface area contributed by atoms with Crippen LogP contribution in [0.3, 0.4) is 0 Å². The highest BCUT2D eigenvalue weighted by atomic mass is 32.1. The van der Waals surface area contributed by atoms with E-state index in [1.807, 2.05) is 0 Å². The topological polar surface area (TPSA) is 16.2 Å². The van der Waals surface area contributed by atoms with Crippen molar-refractivity contribution in [3.05, 3.63) is 325 Å². The summed E-state index contributed by atoms with van der Waals surface area (Å²) in [5, 5.41) is 2.73. The van der Waals surface area contributed by atoms with E-state index in [0.717, 1.165) is 74.8 Å². The molecular formula is C132H149B2N5S2. The van der Waals surface area contributed by atoms with Crippen molar-refractivity contribution in [2.75, 3.05) is 24.5 Å². The van der Waals surface area contributed by atoms with Gasteiger partial charge in [-0.3, -0.25) is 0 Å². The number of rotatable bonds is 11. The summed E-state index contributed by atoms with van der Waals surface area (Å²) in [6.45, 7) is 74.2. The van der Waals surface area contributed by atoms with E-state index in [-0.39, 0.29) is 83.8 Å². The first-order valence-corrected chi connectivity index (χ1v) is 54.6. The lowest BCUT2D eigenvalue weighted by Crippen LogP contribution is -2.63. The Morgan fingerprint density at radius 3 is 1.12 bits per heavy atom. The molecule has 9 heteroatoms. The molecule has 0 fully saturated rings. The van der Waals surface area contributed by atoms with Gasteiger partial charge in [-0.2, -0.15) is 0 Å². The van der Waals surface area contributed by atoms with Gasteiger partial charge >= 0.3 is 0 Å². The van der Waals surface area contributed by atoms with Crippen molar-refractivity contribution in [2.24, 2.45) is 0 Å². The summed E-state index contributed by atoms with van der Waals surface area (Å²) in [6, 6.07) is 100. The zero-order chi connectivity index (χ0) is 99.8. The second-order valence-corrected chi connectivity index (χ2v) is 55.8. The van der Waals surface area contributed by atoms with Crippen molar-refractivity contribution in [3.8, 4) is 22.3 Å². The summed E-state index contributed by atoms with van der Waals surface area (Å²) in [4.78, 5) is 16.8. The minimum absolute atomic E-state index is 0.0341. The third kappa shape index (κ3) is 15.5. The van der Waals surface area contributed by atoms with Crippen LogP contribution in [-0.4, -0.2) is 13.4 Å². The third-order valence-electron chi connectivity index (χ3n) is 35.1. The molecule has 0 bridgehead atoms. The molecule has 141 heavy (non-hydrogen) atoms. The van der Waals surface area contributed by atoms with E-state index in [9.17, 15) is 0 Å². The predicted octanol–water partition coefficient (Wildman–Crippen LogP) is 33.9. The average molecular weight is 1890 g/mol. The smallest absolute Gasteiger partial charge is 0.253 e. The Labute approximate surface area is 854 Å². The van der Waals surface area contributed by atoms with Gasteiger partial charge in [-0.15, -0.1) is 22.7 Å². The molecular weight excluding hydrogens is 1740 g/mol. The second kappa shape index (κ2) is 32.1. The Balaban J connectivity index is 0.801. The van der Waals surface area contributed by atoms with Gasteiger partial charge in [0.15, 0.2) is 0 Å². The van der Waals surface area contributed by atoms with Crippen LogP contribution in [0.5, 0.6) is 0 Å². The highest BCUT2D eigenvalue weighted by molar-refractivity contribution is 7.21. The summed E-state index contributed by atoms with van der Waals surface area (Å²) >= 11 is 4.21. The van der Waals surface area contributed by atoms with Gasteiger partial charge in [-0.05, 0) is 354 Å². The monoisotopic (exact) mass is 1890 g/mol. The predicted molar refractivity (Wildman–Crippen MR) is 615 cm³/mol. The maximum absolute atomic E-state index is 2.87. The van der Waals surface area contributed by atoms with E-state index < -0.39 is 0 Å². The number of hydrogen-bond donors (Lipinski definition) is 0. The van der Waals surface area contributed by atoms with Gasteiger partial charge in [0.2, 0.25) is 0 Å². The molecule has 2 aromatic heterocycles. The van der Waals surface area contributed by atoms with Gasteiger partial charge in [0.25, 0.3) is 13.4 Å². The van der Waals surface area contributed by atoms with Crippen LogP contribution in [0.15, 0.2) is 249 Å².